The van der Waals surface area contributed by atoms with Gasteiger partial charge in [-0.2, -0.15) is 0 Å². The number of nitrogens with zero attached hydrogens (tertiary/aromatic N) is 1. The van der Waals surface area contributed by atoms with E-state index >= 15 is 0 Å². The maximum absolute atomic E-state index is 12.5. The Balaban J connectivity index is 2.79. The molecule has 1 N–H and O–H groups in total. The number of benzene rings is 1. The van der Waals surface area contributed by atoms with Gasteiger partial charge in [-0.25, -0.2) is 4.79 Å². The summed E-state index contributed by atoms with van der Waals surface area (Å²) in [4.78, 5) is 35.9. The number of hydrogen-bond donors (Lipinski definition) is 1. The normalized spacial score (nSPS) is 22.8. The van der Waals surface area contributed by atoms with Crippen molar-refractivity contribution in [1.82, 2.24) is 5.32 Å². The van der Waals surface area contributed by atoms with Gasteiger partial charge in [-0.15, -0.1) is 0 Å². The molecule has 1 heterocycles. The lowest BCUT2D eigenvalue weighted by Gasteiger charge is -2.40. The molecule has 8 nitrogen and oxygen atoms in total. The third kappa shape index (κ3) is 3.07. The largest absolute Gasteiger partial charge is 0.469 e. The molecule has 1 aromatic rings. The highest BCUT2D eigenvalue weighted by atomic mass is 16.6. The fraction of sp³-hybridized carbons (Fsp3) is 0.412. The van der Waals surface area contributed by atoms with Gasteiger partial charge in [0.05, 0.1) is 30.1 Å². The highest BCUT2D eigenvalue weighted by Crippen LogP contribution is 2.48. The fourth-order valence-corrected chi connectivity index (χ4v) is 3.25. The van der Waals surface area contributed by atoms with Crippen LogP contribution in [-0.2, 0) is 19.1 Å². The fourth-order valence-electron chi connectivity index (χ4n) is 3.25. The first-order valence-corrected chi connectivity index (χ1v) is 7.62. The summed E-state index contributed by atoms with van der Waals surface area (Å²) in [6, 6.07) is 6.06. The maximum Gasteiger partial charge on any atom is 0.336 e. The number of allylic oxidation sites excluding steroid dienone is 1. The second-order valence-corrected chi connectivity index (χ2v) is 6.04. The van der Waals surface area contributed by atoms with Crippen LogP contribution in [0.25, 0.3) is 0 Å². The van der Waals surface area contributed by atoms with E-state index in [0.717, 1.165) is 0 Å². The van der Waals surface area contributed by atoms with Crippen LogP contribution >= 0.6 is 0 Å². The zero-order valence-electron chi connectivity index (χ0n) is 14.5. The Kier molecular flexibility index (Phi) is 5.10. The summed E-state index contributed by atoms with van der Waals surface area (Å²) in [5.74, 6) is -2.10. The van der Waals surface area contributed by atoms with Crippen LogP contribution in [0.5, 0.6) is 0 Å². The van der Waals surface area contributed by atoms with E-state index in [1.807, 2.05) is 0 Å². The molecule has 8 heteroatoms. The van der Waals surface area contributed by atoms with Crippen LogP contribution in [0.3, 0.4) is 0 Å². The minimum Gasteiger partial charge on any atom is -0.469 e. The molecule has 0 aliphatic carbocycles. The molecule has 0 radical (unpaired) electrons. The molecule has 2 atom stereocenters. The average molecular weight is 348 g/mol. The number of carbonyl (C=O) groups is 2. The Hall–Kier alpha value is -2.90. The zero-order chi connectivity index (χ0) is 18.8. The highest BCUT2D eigenvalue weighted by Gasteiger charge is 2.51. The van der Waals surface area contributed by atoms with Crippen molar-refractivity contribution < 1.29 is 24.0 Å². The summed E-state index contributed by atoms with van der Waals surface area (Å²) in [7, 11) is 2.47. The Morgan fingerprint density at radius 2 is 1.92 bits per heavy atom. The molecular formula is C17H20N2O6. The van der Waals surface area contributed by atoms with Gasteiger partial charge in [0.1, 0.15) is 0 Å². The second-order valence-electron chi connectivity index (χ2n) is 6.04. The number of esters is 2. The Morgan fingerprint density at radius 3 is 2.48 bits per heavy atom. The minimum atomic E-state index is -1.22. The van der Waals surface area contributed by atoms with E-state index in [0.29, 0.717) is 5.70 Å². The van der Waals surface area contributed by atoms with Gasteiger partial charge in [-0.05, 0) is 13.8 Å². The van der Waals surface area contributed by atoms with Gasteiger partial charge in [0, 0.05) is 29.8 Å². The molecule has 0 aromatic heterocycles. The van der Waals surface area contributed by atoms with Gasteiger partial charge < -0.3 is 14.8 Å². The molecule has 0 spiro atoms. The van der Waals surface area contributed by atoms with Gasteiger partial charge >= 0.3 is 11.9 Å². The van der Waals surface area contributed by atoms with Gasteiger partial charge in [-0.1, -0.05) is 18.2 Å². The number of nitro benzene ring substituents is 1. The molecule has 0 amide bonds. The maximum atomic E-state index is 12.5. The van der Waals surface area contributed by atoms with Crippen molar-refractivity contribution in [2.75, 3.05) is 20.8 Å². The number of rotatable bonds is 4. The second kappa shape index (κ2) is 6.92. The van der Waals surface area contributed by atoms with Gasteiger partial charge in [0.2, 0.25) is 0 Å². The number of nitrogens with one attached hydrogen (secondary N) is 1. The van der Waals surface area contributed by atoms with E-state index in [1.54, 1.807) is 26.0 Å². The van der Waals surface area contributed by atoms with Crippen LogP contribution < -0.4 is 5.32 Å². The number of para-hydroxylation sites is 1. The van der Waals surface area contributed by atoms with E-state index in [9.17, 15) is 19.7 Å². The number of ether oxygens (including phenoxy) is 2. The quantitative estimate of drug-likeness (QED) is 0.503. The predicted molar refractivity (Wildman–Crippen MR) is 88.7 cm³/mol. The molecule has 1 aliphatic rings. The monoisotopic (exact) mass is 348 g/mol. The summed E-state index contributed by atoms with van der Waals surface area (Å²) in [6.07, 6.45) is 0. The topological polar surface area (TPSA) is 108 Å². The van der Waals surface area contributed by atoms with Crippen molar-refractivity contribution in [2.45, 2.75) is 19.8 Å². The van der Waals surface area contributed by atoms with Crippen LogP contribution in [0.4, 0.5) is 5.69 Å². The van der Waals surface area contributed by atoms with Crippen molar-refractivity contribution >= 4 is 17.6 Å². The summed E-state index contributed by atoms with van der Waals surface area (Å²) < 4.78 is 9.78. The smallest absolute Gasteiger partial charge is 0.336 e. The molecule has 1 aliphatic heterocycles. The summed E-state index contributed by atoms with van der Waals surface area (Å²) >= 11 is 0. The third-order valence-electron chi connectivity index (χ3n) is 4.55. The highest BCUT2D eigenvalue weighted by molar-refractivity contribution is 5.94. The number of hydrogen-bond acceptors (Lipinski definition) is 7. The van der Waals surface area contributed by atoms with Crippen LogP contribution in [-0.4, -0.2) is 37.6 Å². The first kappa shape index (κ1) is 18.4. The molecule has 2 unspecified atom stereocenters. The van der Waals surface area contributed by atoms with Crippen molar-refractivity contribution in [1.29, 1.82) is 0 Å². The Bertz CT molecular complexity index is 757. The summed E-state index contributed by atoms with van der Waals surface area (Å²) in [6.45, 7) is 3.45. The number of nitro groups is 1. The van der Waals surface area contributed by atoms with E-state index < -0.39 is 28.2 Å². The summed E-state index contributed by atoms with van der Waals surface area (Å²) in [5, 5.41) is 14.5. The van der Waals surface area contributed by atoms with Gasteiger partial charge in [0.15, 0.2) is 0 Å². The van der Waals surface area contributed by atoms with Crippen LogP contribution in [0.2, 0.25) is 0 Å². The lowest BCUT2D eigenvalue weighted by molar-refractivity contribution is -0.385. The van der Waals surface area contributed by atoms with Crippen LogP contribution in [0.15, 0.2) is 35.5 Å². The lowest BCUT2D eigenvalue weighted by atomic mass is 9.66. The van der Waals surface area contributed by atoms with Crippen molar-refractivity contribution in [2.24, 2.45) is 5.41 Å². The minimum absolute atomic E-state index is 0.168. The molecule has 2 rings (SSSR count). The predicted octanol–water partition coefficient (Wildman–Crippen LogP) is 1.91. The van der Waals surface area contributed by atoms with Crippen LogP contribution in [0, 0.1) is 15.5 Å². The molecule has 134 valence electrons. The molecule has 0 saturated carbocycles. The average Bonchev–Trinajstić information content (AvgIpc) is 2.61. The van der Waals surface area contributed by atoms with E-state index in [4.69, 9.17) is 9.47 Å². The molecule has 0 saturated heterocycles. The molecule has 25 heavy (non-hydrogen) atoms. The first-order chi connectivity index (χ1) is 11.8. The van der Waals surface area contributed by atoms with Gasteiger partial charge in [0.25, 0.3) is 5.69 Å². The number of methoxy groups -OCH3 is 2. The third-order valence-corrected chi connectivity index (χ3v) is 4.55. The van der Waals surface area contributed by atoms with Crippen molar-refractivity contribution in [3.05, 3.63) is 51.2 Å². The van der Waals surface area contributed by atoms with E-state index in [-0.39, 0.29) is 23.4 Å². The lowest BCUT2D eigenvalue weighted by Crippen LogP contribution is -2.49. The molecule has 0 fully saturated rings. The number of carbonyl (C=O) groups excluding carboxylic acids is 2. The standard InChI is InChI=1S/C17H20N2O6/c1-10-13(15(20)24-3)14(17(2,9-18-10)16(21)25-4)11-7-5-6-8-12(11)19(22)23/h5-8,14,18H,9H2,1-4H3. The molecule has 1 aromatic carbocycles. The Morgan fingerprint density at radius 1 is 1.28 bits per heavy atom. The van der Waals surface area contributed by atoms with E-state index in [1.165, 1.54) is 26.4 Å². The van der Waals surface area contributed by atoms with Crippen molar-refractivity contribution in [3.63, 3.8) is 0 Å². The zero-order valence-corrected chi connectivity index (χ0v) is 14.5. The van der Waals surface area contributed by atoms with Crippen LogP contribution in [0.1, 0.15) is 25.3 Å². The SMILES string of the molecule is COC(=O)C1=C(C)NCC(C)(C(=O)OC)C1c1ccccc1[N+](=O)[O-]. The first-order valence-electron chi connectivity index (χ1n) is 7.62. The van der Waals surface area contributed by atoms with E-state index in [2.05, 4.69) is 5.32 Å². The Labute approximate surface area is 145 Å². The molecule has 0 bridgehead atoms. The summed E-state index contributed by atoms with van der Waals surface area (Å²) in [5.41, 5.74) is -0.433. The van der Waals surface area contributed by atoms with Crippen molar-refractivity contribution in [3.8, 4) is 0 Å². The molecular weight excluding hydrogens is 328 g/mol. The van der Waals surface area contributed by atoms with Gasteiger partial charge in [-0.3, -0.25) is 14.9 Å².